The molecule has 0 aliphatic carbocycles. The monoisotopic (exact) mass is 300 g/mol. The Morgan fingerprint density at radius 3 is 2.42 bits per heavy atom. The van der Waals surface area contributed by atoms with Gasteiger partial charge in [0.15, 0.2) is 0 Å². The molecular formula is C16H25ClOS. The largest absolute Gasteiger partial charge is 0.376 e. The van der Waals surface area contributed by atoms with Crippen LogP contribution in [0.5, 0.6) is 0 Å². The molecule has 0 N–H and O–H groups in total. The molecule has 108 valence electrons. The van der Waals surface area contributed by atoms with Gasteiger partial charge in [-0.2, -0.15) is 12.6 Å². The lowest BCUT2D eigenvalue weighted by Crippen LogP contribution is -2.29. The summed E-state index contributed by atoms with van der Waals surface area (Å²) in [5, 5.41) is 0.767. The highest BCUT2D eigenvalue weighted by atomic mass is 35.5. The van der Waals surface area contributed by atoms with Gasteiger partial charge in [-0.05, 0) is 36.3 Å². The first kappa shape index (κ1) is 16.9. The predicted octanol–water partition coefficient (Wildman–Crippen LogP) is 5.37. The van der Waals surface area contributed by atoms with Gasteiger partial charge >= 0.3 is 0 Å². The number of benzene rings is 1. The molecule has 0 amide bonds. The first-order valence-corrected chi connectivity index (χ1v) is 8.10. The highest BCUT2D eigenvalue weighted by molar-refractivity contribution is 7.80. The van der Waals surface area contributed by atoms with Crippen molar-refractivity contribution in [3.05, 3.63) is 34.9 Å². The minimum Gasteiger partial charge on any atom is -0.376 e. The van der Waals surface area contributed by atoms with E-state index in [1.165, 1.54) is 25.7 Å². The van der Waals surface area contributed by atoms with Gasteiger partial charge in [-0.15, -0.1) is 0 Å². The number of rotatable bonds is 9. The quantitative estimate of drug-likeness (QED) is 0.603. The molecule has 3 heteroatoms. The third-order valence-electron chi connectivity index (χ3n) is 3.46. The maximum absolute atomic E-state index is 5.97. The summed E-state index contributed by atoms with van der Waals surface area (Å²) >= 11 is 10.5. The number of hydrogen-bond acceptors (Lipinski definition) is 2. The second kappa shape index (κ2) is 8.89. The normalized spacial score (nSPS) is 11.8. The summed E-state index contributed by atoms with van der Waals surface area (Å²) in [6, 6.07) is 7.86. The van der Waals surface area contributed by atoms with Crippen molar-refractivity contribution in [1.29, 1.82) is 0 Å². The Bertz CT molecular complexity index is 362. The molecule has 0 fully saturated rings. The topological polar surface area (TPSA) is 9.23 Å². The molecular weight excluding hydrogens is 276 g/mol. The fourth-order valence-electron chi connectivity index (χ4n) is 2.55. The van der Waals surface area contributed by atoms with Crippen LogP contribution in [0.2, 0.25) is 5.02 Å². The molecule has 0 radical (unpaired) electrons. The molecule has 0 saturated heterocycles. The lowest BCUT2D eigenvalue weighted by molar-refractivity contribution is 0.0350. The van der Waals surface area contributed by atoms with Crippen LogP contribution in [0.3, 0.4) is 0 Å². The van der Waals surface area contributed by atoms with Gasteiger partial charge in [-0.1, -0.05) is 50.4 Å². The van der Waals surface area contributed by atoms with Crippen LogP contribution in [0, 0.1) is 5.41 Å². The summed E-state index contributed by atoms with van der Waals surface area (Å²) in [7, 11) is 0. The van der Waals surface area contributed by atoms with Crippen molar-refractivity contribution in [3.63, 3.8) is 0 Å². The Kier molecular flexibility index (Phi) is 7.89. The van der Waals surface area contributed by atoms with Crippen LogP contribution in [0.25, 0.3) is 0 Å². The molecule has 0 heterocycles. The van der Waals surface area contributed by atoms with Crippen LogP contribution in [0.1, 0.15) is 45.1 Å². The lowest BCUT2D eigenvalue weighted by atomic mass is 9.82. The SMILES string of the molecule is CCCC(CS)(CCC)COCc1cccc(Cl)c1. The van der Waals surface area contributed by atoms with Crippen molar-refractivity contribution >= 4 is 24.2 Å². The molecule has 0 aliphatic rings. The zero-order valence-corrected chi connectivity index (χ0v) is 13.6. The molecule has 0 aliphatic heterocycles. The van der Waals surface area contributed by atoms with E-state index in [1.807, 2.05) is 24.3 Å². The van der Waals surface area contributed by atoms with Gasteiger partial charge in [0.05, 0.1) is 13.2 Å². The van der Waals surface area contributed by atoms with Gasteiger partial charge < -0.3 is 4.74 Å². The lowest BCUT2D eigenvalue weighted by Gasteiger charge is -2.31. The van der Waals surface area contributed by atoms with Crippen LogP contribution in [-0.2, 0) is 11.3 Å². The maximum atomic E-state index is 5.97. The third kappa shape index (κ3) is 5.76. The van der Waals surface area contributed by atoms with Crippen molar-refractivity contribution in [3.8, 4) is 0 Å². The Morgan fingerprint density at radius 1 is 1.21 bits per heavy atom. The van der Waals surface area contributed by atoms with E-state index in [1.54, 1.807) is 0 Å². The Hall–Kier alpha value is -0.180. The summed E-state index contributed by atoms with van der Waals surface area (Å²) in [5.41, 5.74) is 1.36. The van der Waals surface area contributed by atoms with E-state index >= 15 is 0 Å². The van der Waals surface area contributed by atoms with Gasteiger partial charge in [0, 0.05) is 10.4 Å². The molecule has 19 heavy (non-hydrogen) atoms. The first-order chi connectivity index (χ1) is 9.15. The van der Waals surface area contributed by atoms with Crippen molar-refractivity contribution in [2.24, 2.45) is 5.41 Å². The molecule has 0 bridgehead atoms. The van der Waals surface area contributed by atoms with Crippen LogP contribution in [0.15, 0.2) is 24.3 Å². The van der Waals surface area contributed by atoms with Crippen molar-refractivity contribution < 1.29 is 4.74 Å². The van der Waals surface area contributed by atoms with Crippen LogP contribution < -0.4 is 0 Å². The van der Waals surface area contributed by atoms with Crippen molar-refractivity contribution in [1.82, 2.24) is 0 Å². The minimum absolute atomic E-state index is 0.227. The van der Waals surface area contributed by atoms with E-state index in [0.29, 0.717) is 6.61 Å². The molecule has 0 spiro atoms. The van der Waals surface area contributed by atoms with E-state index in [9.17, 15) is 0 Å². The summed E-state index contributed by atoms with van der Waals surface area (Å²) in [5.74, 6) is 0.893. The van der Waals surface area contributed by atoms with E-state index < -0.39 is 0 Å². The summed E-state index contributed by atoms with van der Waals surface area (Å²) in [6.07, 6.45) is 4.72. The average Bonchev–Trinajstić information content (AvgIpc) is 2.39. The zero-order valence-electron chi connectivity index (χ0n) is 12.0. The van der Waals surface area contributed by atoms with Crippen LogP contribution >= 0.6 is 24.2 Å². The fourth-order valence-corrected chi connectivity index (χ4v) is 3.17. The average molecular weight is 301 g/mol. The predicted molar refractivity (Wildman–Crippen MR) is 87.2 cm³/mol. The molecule has 0 unspecified atom stereocenters. The molecule has 1 aromatic rings. The number of halogens is 1. The third-order valence-corrected chi connectivity index (χ3v) is 4.37. The number of ether oxygens (including phenoxy) is 1. The Morgan fingerprint density at radius 2 is 1.89 bits per heavy atom. The highest BCUT2D eigenvalue weighted by Crippen LogP contribution is 2.32. The smallest absolute Gasteiger partial charge is 0.0717 e. The number of thiol groups is 1. The summed E-state index contributed by atoms with van der Waals surface area (Å²) in [4.78, 5) is 0. The van der Waals surface area contributed by atoms with Crippen LogP contribution in [0.4, 0.5) is 0 Å². The van der Waals surface area contributed by atoms with Gasteiger partial charge in [0.2, 0.25) is 0 Å². The van der Waals surface area contributed by atoms with Crippen LogP contribution in [-0.4, -0.2) is 12.4 Å². The minimum atomic E-state index is 0.227. The molecule has 0 aromatic heterocycles. The van der Waals surface area contributed by atoms with E-state index in [2.05, 4.69) is 26.5 Å². The molecule has 0 atom stereocenters. The molecule has 1 aromatic carbocycles. The van der Waals surface area contributed by atoms with Gasteiger partial charge in [0.25, 0.3) is 0 Å². The van der Waals surface area contributed by atoms with Crippen molar-refractivity contribution in [2.45, 2.75) is 46.1 Å². The fraction of sp³-hybridized carbons (Fsp3) is 0.625. The summed E-state index contributed by atoms with van der Waals surface area (Å²) < 4.78 is 5.93. The zero-order chi connectivity index (χ0) is 14.1. The van der Waals surface area contributed by atoms with Gasteiger partial charge in [-0.25, -0.2) is 0 Å². The second-order valence-corrected chi connectivity index (χ2v) is 6.03. The van der Waals surface area contributed by atoms with Gasteiger partial charge in [-0.3, -0.25) is 0 Å². The molecule has 1 rings (SSSR count). The summed E-state index contributed by atoms with van der Waals surface area (Å²) in [6.45, 7) is 5.86. The first-order valence-electron chi connectivity index (χ1n) is 7.09. The molecule has 1 nitrogen and oxygen atoms in total. The Labute approximate surface area is 128 Å². The van der Waals surface area contributed by atoms with Crippen molar-refractivity contribution in [2.75, 3.05) is 12.4 Å². The number of hydrogen-bond donors (Lipinski definition) is 1. The maximum Gasteiger partial charge on any atom is 0.0717 e. The van der Waals surface area contributed by atoms with E-state index in [0.717, 1.165) is 22.9 Å². The molecule has 0 saturated carbocycles. The van der Waals surface area contributed by atoms with Gasteiger partial charge in [0.1, 0.15) is 0 Å². The second-order valence-electron chi connectivity index (χ2n) is 5.28. The van der Waals surface area contributed by atoms with E-state index in [-0.39, 0.29) is 5.41 Å². The van der Waals surface area contributed by atoms with E-state index in [4.69, 9.17) is 16.3 Å². The highest BCUT2D eigenvalue weighted by Gasteiger charge is 2.27. The Balaban J connectivity index is 2.51. The standard InChI is InChI=1S/C16H25ClOS/c1-3-8-16(13-19,9-4-2)12-18-11-14-6-5-7-15(17)10-14/h5-7,10,19H,3-4,8-9,11-13H2,1-2H3.